The minimum absolute atomic E-state index is 0.0230. The van der Waals surface area contributed by atoms with Gasteiger partial charge < -0.3 is 4.90 Å². The molecule has 2 aromatic carbocycles. The lowest BCUT2D eigenvalue weighted by Gasteiger charge is -2.35. The van der Waals surface area contributed by atoms with Gasteiger partial charge >= 0.3 is 0 Å². The predicted octanol–water partition coefficient (Wildman–Crippen LogP) is 2.24. The Labute approximate surface area is 170 Å². The minimum Gasteiger partial charge on any atom is -0.369 e. The number of aromatic nitrogens is 1. The van der Waals surface area contributed by atoms with E-state index in [0.717, 1.165) is 9.66 Å². The van der Waals surface area contributed by atoms with Crippen molar-refractivity contribution in [2.24, 2.45) is 0 Å². The van der Waals surface area contributed by atoms with Crippen LogP contribution in [0.15, 0.2) is 88.9 Å². The van der Waals surface area contributed by atoms with Crippen LogP contribution < -0.4 is 4.90 Å². The van der Waals surface area contributed by atoms with E-state index in [4.69, 9.17) is 0 Å². The number of para-hydroxylation sites is 1. The molecule has 0 saturated carbocycles. The van der Waals surface area contributed by atoms with Crippen molar-refractivity contribution in [1.82, 2.24) is 8.28 Å². The van der Waals surface area contributed by atoms with Crippen molar-refractivity contribution < 1.29 is 16.8 Å². The molecule has 1 aromatic heterocycles. The van der Waals surface area contributed by atoms with Crippen LogP contribution in [0.4, 0.5) is 5.69 Å². The van der Waals surface area contributed by atoms with Crippen LogP contribution >= 0.6 is 0 Å². The van der Waals surface area contributed by atoms with Gasteiger partial charge in [0, 0.05) is 44.3 Å². The Morgan fingerprint density at radius 3 is 1.83 bits per heavy atom. The molecule has 3 aromatic rings. The van der Waals surface area contributed by atoms with Crippen molar-refractivity contribution in [3.63, 3.8) is 0 Å². The van der Waals surface area contributed by atoms with Crippen LogP contribution in [0.1, 0.15) is 0 Å². The summed E-state index contributed by atoms with van der Waals surface area (Å²) in [7, 11) is -7.60. The van der Waals surface area contributed by atoms with Crippen LogP contribution in [0.25, 0.3) is 0 Å². The van der Waals surface area contributed by atoms with Gasteiger partial charge in [-0.05, 0) is 30.3 Å². The Hall–Kier alpha value is -2.62. The molecule has 0 amide bonds. The van der Waals surface area contributed by atoms with Gasteiger partial charge in [-0.1, -0.05) is 36.4 Å². The summed E-state index contributed by atoms with van der Waals surface area (Å²) < 4.78 is 53.8. The van der Waals surface area contributed by atoms with E-state index in [0.29, 0.717) is 26.2 Å². The molecule has 1 aliphatic heterocycles. The highest BCUT2D eigenvalue weighted by Gasteiger charge is 2.30. The Morgan fingerprint density at radius 1 is 0.621 bits per heavy atom. The Morgan fingerprint density at radius 2 is 1.21 bits per heavy atom. The summed E-state index contributed by atoms with van der Waals surface area (Å²) >= 11 is 0. The van der Waals surface area contributed by atoms with E-state index in [2.05, 4.69) is 4.90 Å². The quantitative estimate of drug-likeness (QED) is 0.619. The van der Waals surface area contributed by atoms with E-state index in [9.17, 15) is 16.8 Å². The molecule has 1 aliphatic rings. The van der Waals surface area contributed by atoms with Crippen LogP contribution in [-0.4, -0.2) is 51.3 Å². The normalized spacial score (nSPS) is 16.1. The SMILES string of the molecule is O=S(=O)(c1ccn(S(=O)(=O)c2ccccc2)c1)N1CCN(c2ccccc2)CC1. The van der Waals surface area contributed by atoms with Gasteiger partial charge in [-0.25, -0.2) is 20.8 Å². The number of benzene rings is 2. The summed E-state index contributed by atoms with van der Waals surface area (Å²) in [4.78, 5) is 2.22. The molecular formula is C20H21N3O4S2. The van der Waals surface area contributed by atoms with Crippen molar-refractivity contribution in [1.29, 1.82) is 0 Å². The second-order valence-corrected chi connectivity index (χ2v) is 10.5. The number of rotatable bonds is 5. The molecule has 2 heterocycles. The third-order valence-corrected chi connectivity index (χ3v) is 8.49. The lowest BCUT2D eigenvalue weighted by atomic mass is 10.2. The second-order valence-electron chi connectivity index (χ2n) is 6.72. The molecule has 0 spiro atoms. The third kappa shape index (κ3) is 3.81. The first-order valence-corrected chi connectivity index (χ1v) is 12.1. The van der Waals surface area contributed by atoms with Crippen molar-refractivity contribution in [2.45, 2.75) is 9.79 Å². The van der Waals surface area contributed by atoms with Crippen LogP contribution in [0.5, 0.6) is 0 Å². The zero-order chi connectivity index (χ0) is 20.5. The van der Waals surface area contributed by atoms with Crippen LogP contribution in [0.3, 0.4) is 0 Å². The van der Waals surface area contributed by atoms with Gasteiger partial charge in [0.05, 0.1) is 4.90 Å². The molecule has 0 atom stereocenters. The monoisotopic (exact) mass is 431 g/mol. The van der Waals surface area contributed by atoms with E-state index >= 15 is 0 Å². The molecule has 0 unspecified atom stereocenters. The van der Waals surface area contributed by atoms with E-state index in [1.807, 2.05) is 30.3 Å². The maximum atomic E-state index is 13.0. The standard InChI is InChI=1S/C20H21N3O4S2/c24-28(25,19-9-5-2-6-10-19)23-12-11-20(17-23)29(26,27)22-15-13-21(14-16-22)18-7-3-1-4-8-18/h1-12,17H,13-16H2. The highest BCUT2D eigenvalue weighted by molar-refractivity contribution is 7.90. The van der Waals surface area contributed by atoms with Crippen LogP contribution in [-0.2, 0) is 20.0 Å². The van der Waals surface area contributed by atoms with E-state index in [1.54, 1.807) is 18.2 Å². The molecule has 152 valence electrons. The van der Waals surface area contributed by atoms with Gasteiger partial charge in [0.2, 0.25) is 10.0 Å². The smallest absolute Gasteiger partial charge is 0.267 e. The molecule has 29 heavy (non-hydrogen) atoms. The number of sulfonamides is 1. The summed E-state index contributed by atoms with van der Waals surface area (Å²) in [6.45, 7) is 1.83. The molecule has 7 nitrogen and oxygen atoms in total. The van der Waals surface area contributed by atoms with Gasteiger partial charge in [-0.15, -0.1) is 0 Å². The Bertz CT molecular complexity index is 1180. The lowest BCUT2D eigenvalue weighted by Crippen LogP contribution is -2.48. The van der Waals surface area contributed by atoms with E-state index < -0.39 is 20.0 Å². The minimum atomic E-state index is -3.83. The summed E-state index contributed by atoms with van der Waals surface area (Å²) in [5.74, 6) is 0. The van der Waals surface area contributed by atoms with Gasteiger partial charge in [0.15, 0.2) is 0 Å². The second kappa shape index (κ2) is 7.66. The summed E-state index contributed by atoms with van der Waals surface area (Å²) in [6, 6.07) is 19.1. The fourth-order valence-electron chi connectivity index (χ4n) is 3.35. The number of anilines is 1. The van der Waals surface area contributed by atoms with Crippen molar-refractivity contribution >= 4 is 25.7 Å². The third-order valence-electron chi connectivity index (χ3n) is 4.96. The number of nitrogens with zero attached hydrogens (tertiary/aromatic N) is 3. The number of hydrogen-bond acceptors (Lipinski definition) is 5. The maximum Gasteiger partial charge on any atom is 0.267 e. The van der Waals surface area contributed by atoms with Crippen LogP contribution in [0.2, 0.25) is 0 Å². The van der Waals surface area contributed by atoms with Crippen molar-refractivity contribution in [3.8, 4) is 0 Å². The Balaban J connectivity index is 1.52. The van der Waals surface area contributed by atoms with E-state index in [1.165, 1.54) is 34.9 Å². The largest absolute Gasteiger partial charge is 0.369 e. The number of hydrogen-bond donors (Lipinski definition) is 0. The molecular weight excluding hydrogens is 410 g/mol. The Kier molecular flexibility index (Phi) is 5.20. The van der Waals surface area contributed by atoms with Gasteiger partial charge in [0.1, 0.15) is 4.90 Å². The van der Waals surface area contributed by atoms with Gasteiger partial charge in [0.25, 0.3) is 10.0 Å². The molecule has 9 heteroatoms. The first kappa shape index (κ1) is 19.7. The summed E-state index contributed by atoms with van der Waals surface area (Å²) in [5.41, 5.74) is 1.06. The number of piperazine rings is 1. The lowest BCUT2D eigenvalue weighted by molar-refractivity contribution is 0.385. The highest BCUT2D eigenvalue weighted by Crippen LogP contribution is 2.23. The zero-order valence-electron chi connectivity index (χ0n) is 15.6. The van der Waals surface area contributed by atoms with Crippen molar-refractivity contribution in [2.75, 3.05) is 31.1 Å². The summed E-state index contributed by atoms with van der Waals surface area (Å²) in [5, 5.41) is 0. The van der Waals surface area contributed by atoms with Crippen LogP contribution in [0, 0.1) is 0 Å². The average molecular weight is 432 g/mol. The zero-order valence-corrected chi connectivity index (χ0v) is 17.3. The molecule has 0 bridgehead atoms. The molecule has 0 radical (unpaired) electrons. The average Bonchev–Trinajstić information content (AvgIpc) is 3.27. The van der Waals surface area contributed by atoms with E-state index in [-0.39, 0.29) is 9.79 Å². The summed E-state index contributed by atoms with van der Waals surface area (Å²) in [6.07, 6.45) is 2.44. The fourth-order valence-corrected chi connectivity index (χ4v) is 6.06. The van der Waals surface area contributed by atoms with Gasteiger partial charge in [-0.2, -0.15) is 4.31 Å². The molecule has 1 saturated heterocycles. The predicted molar refractivity (Wildman–Crippen MR) is 111 cm³/mol. The topological polar surface area (TPSA) is 79.7 Å². The van der Waals surface area contributed by atoms with Crippen molar-refractivity contribution in [3.05, 3.63) is 79.1 Å². The molecule has 4 rings (SSSR count). The first-order chi connectivity index (χ1) is 13.9. The first-order valence-electron chi connectivity index (χ1n) is 9.18. The molecule has 0 N–H and O–H groups in total. The maximum absolute atomic E-state index is 13.0. The highest BCUT2D eigenvalue weighted by atomic mass is 32.2. The fraction of sp³-hybridized carbons (Fsp3) is 0.200. The van der Waals surface area contributed by atoms with Gasteiger partial charge in [-0.3, -0.25) is 0 Å². The molecule has 1 fully saturated rings. The molecule has 0 aliphatic carbocycles.